The molecule has 0 amide bonds. The molecule has 0 bridgehead atoms. The van der Waals surface area contributed by atoms with Crippen molar-refractivity contribution >= 4 is 18.2 Å². The summed E-state index contributed by atoms with van der Waals surface area (Å²) in [5, 5.41) is 0.457. The minimum Gasteiger partial charge on any atom is -0.323 e. The SMILES string of the molecule is COP(=O)(C(C)=O)c1ccc(C)cc1. The summed E-state index contributed by atoms with van der Waals surface area (Å²) in [6.07, 6.45) is 0. The van der Waals surface area contributed by atoms with Gasteiger partial charge in [0.2, 0.25) is 5.52 Å². The van der Waals surface area contributed by atoms with Gasteiger partial charge in [0.1, 0.15) is 0 Å². The Morgan fingerprint density at radius 3 is 2.14 bits per heavy atom. The summed E-state index contributed by atoms with van der Waals surface area (Å²) >= 11 is 0. The van der Waals surface area contributed by atoms with Crippen LogP contribution in [0.1, 0.15) is 12.5 Å². The molecule has 0 fully saturated rings. The minimum absolute atomic E-state index is 0.427. The Kier molecular flexibility index (Phi) is 3.25. The normalized spacial score (nSPS) is 14.8. The molecule has 0 saturated carbocycles. The Bertz CT molecular complexity index is 381. The molecule has 1 rings (SSSR count). The van der Waals surface area contributed by atoms with Gasteiger partial charge in [0.05, 0.1) is 0 Å². The highest BCUT2D eigenvalue weighted by Gasteiger charge is 2.29. The number of carbonyl (C=O) groups excluding carboxylic acids is 1. The molecule has 76 valence electrons. The van der Waals surface area contributed by atoms with Gasteiger partial charge in [-0.3, -0.25) is 9.36 Å². The van der Waals surface area contributed by atoms with E-state index in [0.29, 0.717) is 5.30 Å². The van der Waals surface area contributed by atoms with Gasteiger partial charge >= 0.3 is 0 Å². The van der Waals surface area contributed by atoms with E-state index >= 15 is 0 Å². The van der Waals surface area contributed by atoms with E-state index in [2.05, 4.69) is 0 Å². The molecule has 1 unspecified atom stereocenters. The van der Waals surface area contributed by atoms with Crippen LogP contribution in [0.5, 0.6) is 0 Å². The predicted molar refractivity (Wildman–Crippen MR) is 56.1 cm³/mol. The second-order valence-electron chi connectivity index (χ2n) is 3.09. The number of rotatable bonds is 3. The van der Waals surface area contributed by atoms with Gasteiger partial charge in [-0.25, -0.2) is 0 Å². The van der Waals surface area contributed by atoms with Gasteiger partial charge in [0, 0.05) is 19.3 Å². The first-order valence-electron chi connectivity index (χ1n) is 4.25. The summed E-state index contributed by atoms with van der Waals surface area (Å²) in [5.41, 5.74) is 0.629. The number of hydrogen-bond acceptors (Lipinski definition) is 3. The summed E-state index contributed by atoms with van der Waals surface area (Å²) in [6.45, 7) is 3.21. The molecule has 0 aliphatic heterocycles. The van der Waals surface area contributed by atoms with E-state index in [1.54, 1.807) is 12.1 Å². The molecular formula is C10H13O3P. The van der Waals surface area contributed by atoms with Crippen molar-refractivity contribution in [2.24, 2.45) is 0 Å². The summed E-state index contributed by atoms with van der Waals surface area (Å²) < 4.78 is 16.9. The van der Waals surface area contributed by atoms with Crippen LogP contribution in [0, 0.1) is 6.92 Å². The Hall–Kier alpha value is -0.920. The standard InChI is InChI=1S/C10H13O3P/c1-8-4-6-10(7-5-8)14(12,13-3)9(2)11/h4-7H,1-3H3. The molecule has 14 heavy (non-hydrogen) atoms. The van der Waals surface area contributed by atoms with Crippen molar-refractivity contribution < 1.29 is 13.9 Å². The Morgan fingerprint density at radius 1 is 1.29 bits per heavy atom. The van der Waals surface area contributed by atoms with Crippen LogP contribution in [0.2, 0.25) is 0 Å². The highest BCUT2D eigenvalue weighted by atomic mass is 31.2. The van der Waals surface area contributed by atoms with Gasteiger partial charge in [-0.15, -0.1) is 0 Å². The molecule has 0 aliphatic carbocycles. The third-order valence-corrected chi connectivity index (χ3v) is 4.37. The van der Waals surface area contributed by atoms with Crippen LogP contribution in [0.15, 0.2) is 24.3 Å². The van der Waals surface area contributed by atoms with Crippen molar-refractivity contribution in [3.63, 3.8) is 0 Å². The highest BCUT2D eigenvalue weighted by Crippen LogP contribution is 2.45. The first-order valence-corrected chi connectivity index (χ1v) is 5.87. The van der Waals surface area contributed by atoms with Crippen LogP contribution in [-0.2, 0) is 13.9 Å². The fraction of sp³-hybridized carbons (Fsp3) is 0.300. The van der Waals surface area contributed by atoms with E-state index in [9.17, 15) is 9.36 Å². The van der Waals surface area contributed by atoms with Crippen molar-refractivity contribution in [3.05, 3.63) is 29.8 Å². The summed E-state index contributed by atoms with van der Waals surface area (Å²) in [4.78, 5) is 11.2. The molecule has 0 N–H and O–H groups in total. The number of hydrogen-bond donors (Lipinski definition) is 0. The van der Waals surface area contributed by atoms with Gasteiger partial charge in [-0.1, -0.05) is 17.7 Å². The third-order valence-electron chi connectivity index (χ3n) is 2.05. The minimum atomic E-state index is -3.28. The summed E-state index contributed by atoms with van der Waals surface area (Å²) in [7, 11) is -1.99. The van der Waals surface area contributed by atoms with Gasteiger partial charge in [-0.05, 0) is 19.1 Å². The Labute approximate surface area is 83.5 Å². The van der Waals surface area contributed by atoms with Crippen molar-refractivity contribution in [3.8, 4) is 0 Å². The lowest BCUT2D eigenvalue weighted by atomic mass is 10.2. The molecule has 0 aliphatic rings. The zero-order chi connectivity index (χ0) is 10.8. The molecule has 0 spiro atoms. The molecule has 3 nitrogen and oxygen atoms in total. The topological polar surface area (TPSA) is 43.4 Å². The first kappa shape index (κ1) is 11.2. The zero-order valence-electron chi connectivity index (χ0n) is 8.48. The predicted octanol–water partition coefficient (Wildman–Crippen LogP) is 2.09. The monoisotopic (exact) mass is 212 g/mol. The molecular weight excluding hydrogens is 199 g/mol. The number of carbonyl (C=O) groups is 1. The molecule has 4 heteroatoms. The Balaban J connectivity index is 3.20. The van der Waals surface area contributed by atoms with Gasteiger partial charge in [0.25, 0.3) is 7.37 Å². The summed E-state index contributed by atoms with van der Waals surface area (Å²) in [5.74, 6) is 0. The largest absolute Gasteiger partial charge is 0.323 e. The van der Waals surface area contributed by atoms with Gasteiger partial charge in [0.15, 0.2) is 0 Å². The smallest absolute Gasteiger partial charge is 0.295 e. The molecule has 0 heterocycles. The molecule has 1 aromatic rings. The van der Waals surface area contributed by atoms with Crippen molar-refractivity contribution in [1.29, 1.82) is 0 Å². The van der Waals surface area contributed by atoms with Crippen LogP contribution in [0.4, 0.5) is 0 Å². The molecule has 0 saturated heterocycles. The van der Waals surface area contributed by atoms with E-state index in [1.165, 1.54) is 14.0 Å². The lowest BCUT2D eigenvalue weighted by molar-refractivity contribution is -0.110. The molecule has 1 aromatic carbocycles. The Morgan fingerprint density at radius 2 is 1.79 bits per heavy atom. The van der Waals surface area contributed by atoms with E-state index in [4.69, 9.17) is 4.52 Å². The fourth-order valence-electron chi connectivity index (χ4n) is 1.16. The second-order valence-corrected chi connectivity index (χ2v) is 5.70. The lowest BCUT2D eigenvalue weighted by Gasteiger charge is -2.12. The first-order chi connectivity index (χ1) is 6.50. The number of benzene rings is 1. The summed E-state index contributed by atoms with van der Waals surface area (Å²) in [6, 6.07) is 6.95. The molecule has 0 aromatic heterocycles. The molecule has 0 radical (unpaired) electrons. The third kappa shape index (κ3) is 1.94. The van der Waals surface area contributed by atoms with Crippen LogP contribution in [0.3, 0.4) is 0 Å². The van der Waals surface area contributed by atoms with Crippen molar-refractivity contribution in [2.75, 3.05) is 7.11 Å². The van der Waals surface area contributed by atoms with E-state index < -0.39 is 12.9 Å². The van der Waals surface area contributed by atoms with E-state index in [0.717, 1.165) is 5.56 Å². The van der Waals surface area contributed by atoms with E-state index in [-0.39, 0.29) is 0 Å². The maximum Gasteiger partial charge on any atom is 0.295 e. The lowest BCUT2D eigenvalue weighted by Crippen LogP contribution is -2.11. The average molecular weight is 212 g/mol. The zero-order valence-corrected chi connectivity index (χ0v) is 9.38. The van der Waals surface area contributed by atoms with E-state index in [1.807, 2.05) is 19.1 Å². The van der Waals surface area contributed by atoms with Gasteiger partial charge < -0.3 is 4.52 Å². The quantitative estimate of drug-likeness (QED) is 0.720. The highest BCUT2D eigenvalue weighted by molar-refractivity contribution is 7.82. The average Bonchev–Trinajstić information content (AvgIpc) is 2.17. The molecule has 1 atom stereocenters. The van der Waals surface area contributed by atoms with Crippen LogP contribution < -0.4 is 5.30 Å². The van der Waals surface area contributed by atoms with Crippen molar-refractivity contribution in [2.45, 2.75) is 13.8 Å². The maximum absolute atomic E-state index is 12.0. The van der Waals surface area contributed by atoms with Crippen LogP contribution >= 0.6 is 7.37 Å². The number of aryl methyl sites for hydroxylation is 1. The van der Waals surface area contributed by atoms with Crippen LogP contribution in [-0.4, -0.2) is 12.6 Å². The van der Waals surface area contributed by atoms with Gasteiger partial charge in [-0.2, -0.15) is 0 Å². The van der Waals surface area contributed by atoms with Crippen LogP contribution in [0.25, 0.3) is 0 Å². The maximum atomic E-state index is 12.0. The fourth-order valence-corrected chi connectivity index (χ4v) is 2.53. The second kappa shape index (κ2) is 4.07. The van der Waals surface area contributed by atoms with Crippen molar-refractivity contribution in [1.82, 2.24) is 0 Å².